The second-order valence-corrected chi connectivity index (χ2v) is 6.11. The number of ether oxygens (including phenoxy) is 1. The Morgan fingerprint density at radius 3 is 2.79 bits per heavy atom. The normalized spacial score (nSPS) is 30.4. The molecule has 0 aliphatic heterocycles. The first-order valence-electron chi connectivity index (χ1n) is 7.32. The number of anilines is 1. The largest absolute Gasteiger partial charge is 0.481 e. The molecule has 0 radical (unpaired) electrons. The summed E-state index contributed by atoms with van der Waals surface area (Å²) >= 11 is 0. The van der Waals surface area contributed by atoms with Crippen LogP contribution in [0, 0.1) is 24.7 Å². The summed E-state index contributed by atoms with van der Waals surface area (Å²) in [6.07, 6.45) is 5.71. The maximum Gasteiger partial charge on any atom is 0.218 e. The van der Waals surface area contributed by atoms with Crippen molar-refractivity contribution < 1.29 is 4.74 Å². The van der Waals surface area contributed by atoms with Gasteiger partial charge in [0.15, 0.2) is 0 Å². The van der Waals surface area contributed by atoms with Crippen LogP contribution in [0.15, 0.2) is 6.07 Å². The van der Waals surface area contributed by atoms with E-state index >= 15 is 0 Å². The van der Waals surface area contributed by atoms with Gasteiger partial charge < -0.3 is 10.1 Å². The van der Waals surface area contributed by atoms with Crippen LogP contribution in [-0.4, -0.2) is 23.1 Å². The predicted molar refractivity (Wildman–Crippen MR) is 75.3 cm³/mol. The Kier molecular flexibility index (Phi) is 3.33. The quantitative estimate of drug-likeness (QED) is 0.905. The number of fused-ring (bicyclic) bond motifs is 2. The lowest BCUT2D eigenvalue weighted by Crippen LogP contribution is -2.30. The van der Waals surface area contributed by atoms with Crippen molar-refractivity contribution in [3.05, 3.63) is 11.9 Å². The summed E-state index contributed by atoms with van der Waals surface area (Å²) in [5, 5.41) is 3.55. The number of nitrogens with one attached hydrogen (secondary N) is 1. The summed E-state index contributed by atoms with van der Waals surface area (Å²) in [5.74, 6) is 5.00. The van der Waals surface area contributed by atoms with Gasteiger partial charge in [0.1, 0.15) is 11.6 Å². The zero-order chi connectivity index (χ0) is 13.4. The highest BCUT2D eigenvalue weighted by molar-refractivity contribution is 5.39. The van der Waals surface area contributed by atoms with E-state index in [4.69, 9.17) is 4.74 Å². The molecule has 2 saturated carbocycles. The van der Waals surface area contributed by atoms with E-state index in [0.717, 1.165) is 29.4 Å². The fraction of sp³-hybridized carbons (Fsp3) is 0.733. The number of methoxy groups -OCH3 is 1. The SMILES string of the molecule is COc1cc(NC(C)C2CC3CCC2C3)nc(C)n1. The molecule has 4 heteroatoms. The summed E-state index contributed by atoms with van der Waals surface area (Å²) < 4.78 is 5.20. The van der Waals surface area contributed by atoms with Crippen LogP contribution in [0.25, 0.3) is 0 Å². The maximum atomic E-state index is 5.20. The smallest absolute Gasteiger partial charge is 0.218 e. The second kappa shape index (κ2) is 4.99. The molecular formula is C15H23N3O. The van der Waals surface area contributed by atoms with Gasteiger partial charge >= 0.3 is 0 Å². The number of rotatable bonds is 4. The molecule has 2 aliphatic rings. The van der Waals surface area contributed by atoms with E-state index < -0.39 is 0 Å². The number of aryl methyl sites for hydroxylation is 1. The van der Waals surface area contributed by atoms with Gasteiger partial charge in [-0.3, -0.25) is 0 Å². The van der Waals surface area contributed by atoms with Crippen molar-refractivity contribution in [2.45, 2.75) is 45.6 Å². The molecule has 1 aromatic heterocycles. The highest BCUT2D eigenvalue weighted by atomic mass is 16.5. The van der Waals surface area contributed by atoms with Crippen molar-refractivity contribution in [3.8, 4) is 5.88 Å². The molecule has 1 N–H and O–H groups in total. The van der Waals surface area contributed by atoms with E-state index in [1.807, 2.05) is 13.0 Å². The summed E-state index contributed by atoms with van der Waals surface area (Å²) in [5.41, 5.74) is 0. The minimum atomic E-state index is 0.481. The van der Waals surface area contributed by atoms with Gasteiger partial charge in [0.05, 0.1) is 7.11 Å². The van der Waals surface area contributed by atoms with Crippen LogP contribution in [0.3, 0.4) is 0 Å². The highest BCUT2D eigenvalue weighted by Gasteiger charge is 2.41. The molecule has 2 fully saturated rings. The molecule has 2 bridgehead atoms. The molecule has 4 unspecified atom stereocenters. The minimum Gasteiger partial charge on any atom is -0.481 e. The average molecular weight is 261 g/mol. The van der Waals surface area contributed by atoms with Crippen LogP contribution in [0.1, 0.15) is 38.4 Å². The lowest BCUT2D eigenvalue weighted by atomic mass is 9.84. The van der Waals surface area contributed by atoms with E-state index in [0.29, 0.717) is 11.9 Å². The lowest BCUT2D eigenvalue weighted by Gasteiger charge is -2.29. The van der Waals surface area contributed by atoms with E-state index in [9.17, 15) is 0 Å². The number of hydrogen-bond donors (Lipinski definition) is 1. The number of nitrogens with zero attached hydrogens (tertiary/aromatic N) is 2. The Balaban J connectivity index is 1.69. The molecule has 104 valence electrons. The Hall–Kier alpha value is -1.32. The van der Waals surface area contributed by atoms with Crippen molar-refractivity contribution >= 4 is 5.82 Å². The molecule has 0 saturated heterocycles. The van der Waals surface area contributed by atoms with Gasteiger partial charge in [-0.1, -0.05) is 6.42 Å². The molecule has 3 rings (SSSR count). The van der Waals surface area contributed by atoms with Gasteiger partial charge in [0.25, 0.3) is 0 Å². The van der Waals surface area contributed by atoms with E-state index in [-0.39, 0.29) is 0 Å². The molecule has 1 heterocycles. The van der Waals surface area contributed by atoms with E-state index in [1.165, 1.54) is 25.7 Å². The van der Waals surface area contributed by atoms with Crippen molar-refractivity contribution in [1.29, 1.82) is 0 Å². The third kappa shape index (κ3) is 2.53. The Labute approximate surface area is 115 Å². The molecule has 0 amide bonds. The molecule has 4 atom stereocenters. The molecule has 1 aromatic rings. The molecule has 4 nitrogen and oxygen atoms in total. The third-order valence-corrected chi connectivity index (χ3v) is 4.83. The first kappa shape index (κ1) is 12.7. The van der Waals surface area contributed by atoms with Crippen LogP contribution in [0.2, 0.25) is 0 Å². The molecule has 0 aromatic carbocycles. The monoisotopic (exact) mass is 261 g/mol. The summed E-state index contributed by atoms with van der Waals surface area (Å²) in [7, 11) is 1.64. The lowest BCUT2D eigenvalue weighted by molar-refractivity contribution is 0.303. The zero-order valence-corrected chi connectivity index (χ0v) is 12.0. The molecule has 0 spiro atoms. The van der Waals surface area contributed by atoms with Gasteiger partial charge in [-0.25, -0.2) is 4.98 Å². The summed E-state index contributed by atoms with van der Waals surface area (Å²) in [6.45, 7) is 4.19. The number of aromatic nitrogens is 2. The van der Waals surface area contributed by atoms with Gasteiger partial charge in [0, 0.05) is 12.1 Å². The first-order valence-corrected chi connectivity index (χ1v) is 7.32. The maximum absolute atomic E-state index is 5.20. The Bertz CT molecular complexity index is 463. The average Bonchev–Trinajstić information content (AvgIpc) is 3.00. The Morgan fingerprint density at radius 1 is 1.32 bits per heavy atom. The topological polar surface area (TPSA) is 47.0 Å². The van der Waals surface area contributed by atoms with Crippen LogP contribution in [0.4, 0.5) is 5.82 Å². The van der Waals surface area contributed by atoms with Crippen molar-refractivity contribution in [2.75, 3.05) is 12.4 Å². The summed E-state index contributed by atoms with van der Waals surface area (Å²) in [4.78, 5) is 8.68. The van der Waals surface area contributed by atoms with Crippen LogP contribution in [-0.2, 0) is 0 Å². The predicted octanol–water partition coefficient (Wildman–Crippen LogP) is 3.03. The Morgan fingerprint density at radius 2 is 2.16 bits per heavy atom. The second-order valence-electron chi connectivity index (χ2n) is 6.11. The number of hydrogen-bond acceptors (Lipinski definition) is 4. The molecular weight excluding hydrogens is 238 g/mol. The van der Waals surface area contributed by atoms with Crippen molar-refractivity contribution in [3.63, 3.8) is 0 Å². The van der Waals surface area contributed by atoms with Crippen LogP contribution < -0.4 is 10.1 Å². The van der Waals surface area contributed by atoms with Gasteiger partial charge in [-0.15, -0.1) is 0 Å². The summed E-state index contributed by atoms with van der Waals surface area (Å²) in [6, 6.07) is 2.37. The molecule has 2 aliphatic carbocycles. The zero-order valence-electron chi connectivity index (χ0n) is 12.0. The first-order chi connectivity index (χ1) is 9.15. The van der Waals surface area contributed by atoms with Crippen LogP contribution in [0.5, 0.6) is 5.88 Å². The minimum absolute atomic E-state index is 0.481. The van der Waals surface area contributed by atoms with E-state index in [1.54, 1.807) is 7.11 Å². The van der Waals surface area contributed by atoms with E-state index in [2.05, 4.69) is 22.2 Å². The van der Waals surface area contributed by atoms with Crippen molar-refractivity contribution in [2.24, 2.45) is 17.8 Å². The molecule has 19 heavy (non-hydrogen) atoms. The third-order valence-electron chi connectivity index (χ3n) is 4.83. The van der Waals surface area contributed by atoms with Crippen molar-refractivity contribution in [1.82, 2.24) is 9.97 Å². The standard InChI is InChI=1S/C15H23N3O/c1-9(13-7-11-4-5-12(13)6-11)16-14-8-15(19-3)18-10(2)17-14/h8-9,11-13H,4-7H2,1-3H3,(H,16,17,18). The fourth-order valence-electron chi connectivity index (χ4n) is 3.97. The highest BCUT2D eigenvalue weighted by Crippen LogP contribution is 2.49. The van der Waals surface area contributed by atoms with Gasteiger partial charge in [-0.2, -0.15) is 4.98 Å². The van der Waals surface area contributed by atoms with Gasteiger partial charge in [0.2, 0.25) is 5.88 Å². The van der Waals surface area contributed by atoms with Gasteiger partial charge in [-0.05, 0) is 50.9 Å². The fourth-order valence-corrected chi connectivity index (χ4v) is 3.97. The van der Waals surface area contributed by atoms with Crippen LogP contribution >= 0.6 is 0 Å².